The maximum atomic E-state index is 14.5. The molecule has 3 aromatic rings. The van der Waals surface area contributed by atoms with E-state index in [0.29, 0.717) is 24.0 Å². The molecule has 2 aromatic carbocycles. The van der Waals surface area contributed by atoms with Crippen molar-refractivity contribution >= 4 is 0 Å². The summed E-state index contributed by atoms with van der Waals surface area (Å²) in [5.41, 5.74) is 4.62. The quantitative estimate of drug-likeness (QED) is 0.675. The molecule has 0 saturated carbocycles. The van der Waals surface area contributed by atoms with Gasteiger partial charge in [-0.3, -0.25) is 4.68 Å². The van der Waals surface area contributed by atoms with E-state index in [-0.39, 0.29) is 11.6 Å². The molecule has 124 valence electrons. The van der Waals surface area contributed by atoms with Crippen molar-refractivity contribution in [2.75, 3.05) is 0 Å². The van der Waals surface area contributed by atoms with Crippen LogP contribution in [0.25, 0.3) is 11.3 Å². The van der Waals surface area contributed by atoms with Crippen LogP contribution < -0.4 is 0 Å². The minimum absolute atomic E-state index is 0.197. The number of hydrogen-bond donors (Lipinski definition) is 0. The number of aromatic nitrogens is 2. The zero-order valence-corrected chi connectivity index (χ0v) is 14.1. The van der Waals surface area contributed by atoms with Gasteiger partial charge in [0.1, 0.15) is 11.6 Å². The Labute approximate surface area is 140 Å². The minimum atomic E-state index is -0.277. The van der Waals surface area contributed by atoms with Gasteiger partial charge >= 0.3 is 0 Å². The van der Waals surface area contributed by atoms with E-state index in [1.165, 1.54) is 12.1 Å². The average Bonchev–Trinajstić information content (AvgIpc) is 2.85. The molecule has 0 N–H and O–H groups in total. The molecule has 0 fully saturated rings. The zero-order chi connectivity index (χ0) is 17.3. The highest BCUT2D eigenvalue weighted by atomic mass is 19.1. The third kappa shape index (κ3) is 3.23. The van der Waals surface area contributed by atoms with Crippen molar-refractivity contribution in [3.63, 3.8) is 0 Å². The fourth-order valence-electron chi connectivity index (χ4n) is 3.04. The summed E-state index contributed by atoms with van der Waals surface area (Å²) in [6.45, 7) is 3.78. The molecule has 0 aliphatic carbocycles. The van der Waals surface area contributed by atoms with Gasteiger partial charge in [-0.05, 0) is 67.6 Å². The Morgan fingerprint density at radius 1 is 0.958 bits per heavy atom. The Balaban J connectivity index is 1.82. The Hall–Kier alpha value is -2.49. The van der Waals surface area contributed by atoms with E-state index in [0.717, 1.165) is 22.5 Å². The summed E-state index contributed by atoms with van der Waals surface area (Å²) in [5.74, 6) is -0.474. The molecular formula is C20H20F2N2. The molecule has 1 heterocycles. The number of aryl methyl sites for hydroxylation is 4. The molecule has 4 heteroatoms. The van der Waals surface area contributed by atoms with Crippen molar-refractivity contribution in [3.8, 4) is 11.3 Å². The first-order chi connectivity index (χ1) is 11.5. The Kier molecular flexibility index (Phi) is 4.47. The molecule has 0 aliphatic rings. The van der Waals surface area contributed by atoms with Crippen LogP contribution >= 0.6 is 0 Å². The van der Waals surface area contributed by atoms with Gasteiger partial charge in [0.15, 0.2) is 0 Å². The second kappa shape index (κ2) is 6.56. The number of halogens is 2. The molecule has 0 spiro atoms. The first-order valence-electron chi connectivity index (χ1n) is 7.99. The molecule has 0 amide bonds. The monoisotopic (exact) mass is 326 g/mol. The van der Waals surface area contributed by atoms with E-state index in [1.54, 1.807) is 23.9 Å². The highest BCUT2D eigenvalue weighted by Crippen LogP contribution is 2.25. The Morgan fingerprint density at radius 2 is 1.75 bits per heavy atom. The van der Waals surface area contributed by atoms with Gasteiger partial charge in [0.2, 0.25) is 0 Å². The number of rotatable bonds is 4. The summed E-state index contributed by atoms with van der Waals surface area (Å²) in [7, 11) is 1.80. The second-order valence-electron chi connectivity index (χ2n) is 6.14. The van der Waals surface area contributed by atoms with Crippen LogP contribution in [0.3, 0.4) is 0 Å². The summed E-state index contributed by atoms with van der Waals surface area (Å²) in [6.07, 6.45) is 1.16. The van der Waals surface area contributed by atoms with Crippen LogP contribution in [-0.2, 0) is 19.9 Å². The van der Waals surface area contributed by atoms with Crippen LogP contribution in [-0.4, -0.2) is 9.78 Å². The summed E-state index contributed by atoms with van der Waals surface area (Å²) in [6, 6.07) is 12.1. The summed E-state index contributed by atoms with van der Waals surface area (Å²) >= 11 is 0. The smallest absolute Gasteiger partial charge is 0.132 e. The van der Waals surface area contributed by atoms with Crippen molar-refractivity contribution in [1.29, 1.82) is 0 Å². The van der Waals surface area contributed by atoms with Gasteiger partial charge in [0.05, 0.1) is 11.4 Å². The maximum Gasteiger partial charge on any atom is 0.132 e. The van der Waals surface area contributed by atoms with E-state index in [1.807, 2.05) is 32.0 Å². The third-order valence-corrected chi connectivity index (χ3v) is 4.33. The fraction of sp³-hybridized carbons (Fsp3) is 0.250. The van der Waals surface area contributed by atoms with Gasteiger partial charge in [-0.2, -0.15) is 5.10 Å². The van der Waals surface area contributed by atoms with Gasteiger partial charge < -0.3 is 0 Å². The van der Waals surface area contributed by atoms with Gasteiger partial charge in [-0.25, -0.2) is 8.78 Å². The van der Waals surface area contributed by atoms with Gasteiger partial charge in [0.25, 0.3) is 0 Å². The topological polar surface area (TPSA) is 17.8 Å². The zero-order valence-electron chi connectivity index (χ0n) is 14.1. The lowest BCUT2D eigenvalue weighted by molar-refractivity contribution is 0.605. The molecule has 0 saturated heterocycles. The summed E-state index contributed by atoms with van der Waals surface area (Å²) < 4.78 is 30.1. The van der Waals surface area contributed by atoms with Crippen molar-refractivity contribution < 1.29 is 8.78 Å². The maximum absolute atomic E-state index is 14.5. The van der Waals surface area contributed by atoms with Crippen molar-refractivity contribution in [1.82, 2.24) is 9.78 Å². The lowest BCUT2D eigenvalue weighted by Gasteiger charge is -2.09. The molecule has 0 unspecified atom stereocenters. The Morgan fingerprint density at radius 3 is 2.38 bits per heavy atom. The molecule has 0 radical (unpaired) electrons. The van der Waals surface area contributed by atoms with E-state index >= 15 is 0 Å². The van der Waals surface area contributed by atoms with Crippen LogP contribution in [0, 0.1) is 25.5 Å². The van der Waals surface area contributed by atoms with Crippen molar-refractivity contribution in [2.24, 2.45) is 7.05 Å². The first kappa shape index (κ1) is 16.4. The number of hydrogen-bond acceptors (Lipinski definition) is 1. The van der Waals surface area contributed by atoms with E-state index in [9.17, 15) is 8.78 Å². The standard InChI is InChI=1S/C20H20F2N2/c1-13-5-4-6-18(21)16(13)9-7-15-8-10-17(19(22)12-15)20-11-14(2)23-24(20)3/h4-6,8,10-12H,7,9H2,1-3H3. The van der Waals surface area contributed by atoms with Gasteiger partial charge in [-0.15, -0.1) is 0 Å². The largest absolute Gasteiger partial charge is 0.268 e. The molecule has 24 heavy (non-hydrogen) atoms. The Bertz CT molecular complexity index is 861. The van der Waals surface area contributed by atoms with E-state index in [4.69, 9.17) is 0 Å². The van der Waals surface area contributed by atoms with Crippen LogP contribution in [0.4, 0.5) is 8.78 Å². The predicted octanol–water partition coefficient (Wildman–Crippen LogP) is 4.77. The molecule has 0 aliphatic heterocycles. The molecule has 2 nitrogen and oxygen atoms in total. The average molecular weight is 326 g/mol. The highest BCUT2D eigenvalue weighted by molar-refractivity contribution is 5.61. The van der Waals surface area contributed by atoms with Crippen molar-refractivity contribution in [2.45, 2.75) is 26.7 Å². The predicted molar refractivity (Wildman–Crippen MR) is 91.9 cm³/mol. The third-order valence-electron chi connectivity index (χ3n) is 4.33. The minimum Gasteiger partial charge on any atom is -0.268 e. The molecule has 3 rings (SSSR count). The number of nitrogens with zero attached hydrogens (tertiary/aromatic N) is 2. The molecule has 1 aromatic heterocycles. The second-order valence-corrected chi connectivity index (χ2v) is 6.14. The SMILES string of the molecule is Cc1cc(-c2ccc(CCc3c(C)cccc3F)cc2F)n(C)n1. The lowest BCUT2D eigenvalue weighted by atomic mass is 9.99. The molecule has 0 bridgehead atoms. The van der Waals surface area contributed by atoms with Crippen LogP contribution in [0.5, 0.6) is 0 Å². The van der Waals surface area contributed by atoms with Crippen LogP contribution in [0.2, 0.25) is 0 Å². The first-order valence-corrected chi connectivity index (χ1v) is 7.99. The van der Waals surface area contributed by atoms with E-state index in [2.05, 4.69) is 5.10 Å². The van der Waals surface area contributed by atoms with E-state index < -0.39 is 0 Å². The van der Waals surface area contributed by atoms with Gasteiger partial charge in [-0.1, -0.05) is 18.2 Å². The summed E-state index contributed by atoms with van der Waals surface area (Å²) in [4.78, 5) is 0. The van der Waals surface area contributed by atoms with Crippen molar-refractivity contribution in [3.05, 3.63) is 76.5 Å². The highest BCUT2D eigenvalue weighted by Gasteiger charge is 2.12. The normalized spacial score (nSPS) is 11.0. The fourth-order valence-corrected chi connectivity index (χ4v) is 3.04. The van der Waals surface area contributed by atoms with Gasteiger partial charge in [0, 0.05) is 12.6 Å². The lowest BCUT2D eigenvalue weighted by Crippen LogP contribution is -2.00. The number of benzene rings is 2. The van der Waals surface area contributed by atoms with Crippen LogP contribution in [0.15, 0.2) is 42.5 Å². The van der Waals surface area contributed by atoms with Crippen LogP contribution in [0.1, 0.15) is 22.4 Å². The molecule has 0 atom stereocenters. The summed E-state index contributed by atoms with van der Waals surface area (Å²) in [5, 5.41) is 4.25. The molecular weight excluding hydrogens is 306 g/mol.